The Morgan fingerprint density at radius 3 is 2.80 bits per heavy atom. The van der Waals surface area contributed by atoms with E-state index in [0.29, 0.717) is 53.1 Å². The third kappa shape index (κ3) is 3.78. The number of anilines is 1. The molecule has 130 valence electrons. The molecule has 0 aliphatic carbocycles. The average Bonchev–Trinajstić information content (AvgIpc) is 2.79. The third-order valence-corrected chi connectivity index (χ3v) is 4.27. The molecule has 1 aliphatic rings. The van der Waals surface area contributed by atoms with Crippen LogP contribution >= 0.6 is 23.2 Å². The molecule has 4 nitrogen and oxygen atoms in total. The highest BCUT2D eigenvalue weighted by Crippen LogP contribution is 2.30. The van der Waals surface area contributed by atoms with Crippen molar-refractivity contribution in [3.63, 3.8) is 0 Å². The first-order valence-electron chi connectivity index (χ1n) is 7.82. The molecular formula is C18H16Cl2FN3O. The predicted molar refractivity (Wildman–Crippen MR) is 99.8 cm³/mol. The Morgan fingerprint density at radius 1 is 1.24 bits per heavy atom. The van der Waals surface area contributed by atoms with Gasteiger partial charge in [-0.25, -0.2) is 9.18 Å². The monoisotopic (exact) mass is 379 g/mol. The molecule has 0 spiro atoms. The number of hydrogen-bond acceptors (Lipinski definition) is 2. The zero-order valence-electron chi connectivity index (χ0n) is 13.3. The summed E-state index contributed by atoms with van der Waals surface area (Å²) in [6, 6.07) is 11.3. The normalized spacial score (nSPS) is 13.7. The number of carbonyl (C=O) groups is 1. The summed E-state index contributed by atoms with van der Waals surface area (Å²) in [6.45, 7) is 1.09. The van der Waals surface area contributed by atoms with Crippen molar-refractivity contribution in [1.29, 1.82) is 0 Å². The molecule has 1 heterocycles. The Balaban J connectivity index is 2.08. The summed E-state index contributed by atoms with van der Waals surface area (Å²) in [4.78, 5) is 18.6. The minimum Gasteiger partial charge on any atom is -0.336 e. The smallest absolute Gasteiger partial charge is 0.321 e. The van der Waals surface area contributed by atoms with E-state index in [0.717, 1.165) is 0 Å². The first-order valence-corrected chi connectivity index (χ1v) is 8.73. The van der Waals surface area contributed by atoms with Crippen LogP contribution in [0.5, 0.6) is 0 Å². The number of aliphatic imine (C=N–C) groups is 1. The quantitative estimate of drug-likeness (QED) is 0.802. The number of halogens is 3. The van der Waals surface area contributed by atoms with Gasteiger partial charge in [0.25, 0.3) is 0 Å². The number of urea groups is 1. The van der Waals surface area contributed by atoms with Crippen LogP contribution < -0.4 is 10.2 Å². The predicted octanol–water partition coefficient (Wildman–Crippen LogP) is 4.08. The molecule has 0 unspecified atom stereocenters. The van der Waals surface area contributed by atoms with Gasteiger partial charge in [-0.15, -0.1) is 11.6 Å². The van der Waals surface area contributed by atoms with Crippen LogP contribution in [0.4, 0.5) is 14.9 Å². The fourth-order valence-corrected chi connectivity index (χ4v) is 3.01. The molecule has 0 saturated heterocycles. The number of nitrogens with zero attached hydrogens (tertiary/aromatic N) is 2. The number of carbonyl (C=O) groups excluding carboxylic acids is 1. The van der Waals surface area contributed by atoms with Crippen LogP contribution in [-0.2, 0) is 0 Å². The lowest BCUT2D eigenvalue weighted by Gasteiger charge is -2.23. The van der Waals surface area contributed by atoms with Crippen molar-refractivity contribution in [3.05, 3.63) is 64.4 Å². The second-order valence-electron chi connectivity index (χ2n) is 5.44. The fourth-order valence-electron chi connectivity index (χ4n) is 2.74. The van der Waals surface area contributed by atoms with Crippen molar-refractivity contribution < 1.29 is 9.18 Å². The van der Waals surface area contributed by atoms with Gasteiger partial charge in [0, 0.05) is 35.1 Å². The first kappa shape index (κ1) is 17.7. The van der Waals surface area contributed by atoms with E-state index in [9.17, 15) is 9.18 Å². The van der Waals surface area contributed by atoms with Crippen molar-refractivity contribution in [3.8, 4) is 0 Å². The second-order valence-corrected chi connectivity index (χ2v) is 6.26. The molecule has 1 N–H and O–H groups in total. The maximum atomic E-state index is 14.3. The number of benzene rings is 2. The molecule has 0 atom stereocenters. The van der Waals surface area contributed by atoms with Gasteiger partial charge in [0.15, 0.2) is 0 Å². The van der Waals surface area contributed by atoms with Crippen LogP contribution in [0.3, 0.4) is 0 Å². The van der Waals surface area contributed by atoms with Crippen LogP contribution in [0.2, 0.25) is 5.02 Å². The summed E-state index contributed by atoms with van der Waals surface area (Å²) >= 11 is 11.8. The number of alkyl halides is 1. The molecule has 2 aromatic rings. The van der Waals surface area contributed by atoms with E-state index in [-0.39, 0.29) is 11.8 Å². The molecule has 2 amide bonds. The van der Waals surface area contributed by atoms with E-state index in [1.807, 2.05) is 0 Å². The lowest BCUT2D eigenvalue weighted by atomic mass is 10.00. The third-order valence-electron chi connectivity index (χ3n) is 3.84. The Bertz CT molecular complexity index is 826. The van der Waals surface area contributed by atoms with Gasteiger partial charge in [-0.05, 0) is 30.3 Å². The van der Waals surface area contributed by atoms with E-state index >= 15 is 0 Å². The summed E-state index contributed by atoms with van der Waals surface area (Å²) in [7, 11) is 0. The molecule has 1 aliphatic heterocycles. The number of hydrogen-bond donors (Lipinski definition) is 1. The number of nitrogens with one attached hydrogen (secondary N) is 1. The lowest BCUT2D eigenvalue weighted by molar-refractivity contribution is 0.247. The fraction of sp³-hybridized carbons (Fsp3) is 0.222. The van der Waals surface area contributed by atoms with Gasteiger partial charge in [0.2, 0.25) is 0 Å². The molecule has 0 saturated carbocycles. The van der Waals surface area contributed by atoms with Crippen LogP contribution in [-0.4, -0.2) is 37.3 Å². The van der Waals surface area contributed by atoms with Crippen LogP contribution in [0, 0.1) is 5.82 Å². The van der Waals surface area contributed by atoms with E-state index in [1.165, 1.54) is 6.07 Å². The van der Waals surface area contributed by atoms with Crippen molar-refractivity contribution in [1.82, 2.24) is 5.32 Å². The number of rotatable bonds is 3. The molecule has 3 rings (SSSR count). The van der Waals surface area contributed by atoms with Gasteiger partial charge in [0.05, 0.1) is 17.9 Å². The van der Waals surface area contributed by atoms with Crippen LogP contribution in [0.15, 0.2) is 47.5 Å². The van der Waals surface area contributed by atoms with E-state index in [4.69, 9.17) is 23.2 Å². The van der Waals surface area contributed by atoms with Crippen molar-refractivity contribution >= 4 is 40.6 Å². The molecule has 0 fully saturated rings. The first-order chi connectivity index (χ1) is 12.1. The molecule has 0 radical (unpaired) electrons. The topological polar surface area (TPSA) is 44.7 Å². The Kier molecular flexibility index (Phi) is 5.56. The van der Waals surface area contributed by atoms with Crippen LogP contribution in [0.25, 0.3) is 0 Å². The second kappa shape index (κ2) is 7.85. The summed E-state index contributed by atoms with van der Waals surface area (Å²) in [5.74, 6) is -0.0449. The van der Waals surface area contributed by atoms with E-state index in [2.05, 4.69) is 10.3 Å². The van der Waals surface area contributed by atoms with Gasteiger partial charge in [-0.3, -0.25) is 9.89 Å². The summed E-state index contributed by atoms with van der Waals surface area (Å²) in [6.07, 6.45) is 0. The molecule has 25 heavy (non-hydrogen) atoms. The Hall–Kier alpha value is -2.11. The van der Waals surface area contributed by atoms with Gasteiger partial charge in [-0.1, -0.05) is 23.7 Å². The molecule has 2 aromatic carbocycles. The SMILES string of the molecule is O=C(NCCCl)N1CCN=C(c2ccccc2F)c2cc(Cl)ccc21. The van der Waals surface area contributed by atoms with Crippen LogP contribution in [0.1, 0.15) is 11.1 Å². The van der Waals surface area contributed by atoms with Crippen molar-refractivity contribution in [2.75, 3.05) is 30.4 Å². The zero-order valence-corrected chi connectivity index (χ0v) is 14.8. The van der Waals surface area contributed by atoms with Gasteiger partial charge >= 0.3 is 6.03 Å². The minimum atomic E-state index is -0.368. The van der Waals surface area contributed by atoms with Gasteiger partial charge in [-0.2, -0.15) is 0 Å². The van der Waals surface area contributed by atoms with E-state index in [1.54, 1.807) is 41.3 Å². The Labute approximate surface area is 155 Å². The number of amides is 2. The molecular weight excluding hydrogens is 364 g/mol. The average molecular weight is 380 g/mol. The summed E-state index contributed by atoms with van der Waals surface area (Å²) in [5, 5.41) is 3.24. The maximum absolute atomic E-state index is 14.3. The number of fused-ring (bicyclic) bond motifs is 1. The number of benzodiazepines with no additional fused rings is 1. The van der Waals surface area contributed by atoms with Crippen molar-refractivity contribution in [2.45, 2.75) is 0 Å². The van der Waals surface area contributed by atoms with Gasteiger partial charge in [0.1, 0.15) is 5.82 Å². The zero-order chi connectivity index (χ0) is 17.8. The minimum absolute atomic E-state index is 0.269. The highest BCUT2D eigenvalue weighted by molar-refractivity contribution is 6.31. The largest absolute Gasteiger partial charge is 0.336 e. The summed E-state index contributed by atoms with van der Waals surface area (Å²) in [5.41, 5.74) is 2.13. The lowest BCUT2D eigenvalue weighted by Crippen LogP contribution is -2.42. The Morgan fingerprint density at radius 2 is 2.04 bits per heavy atom. The highest BCUT2D eigenvalue weighted by Gasteiger charge is 2.25. The van der Waals surface area contributed by atoms with E-state index < -0.39 is 0 Å². The summed E-state index contributed by atoms with van der Waals surface area (Å²) < 4.78 is 14.3. The van der Waals surface area contributed by atoms with Gasteiger partial charge < -0.3 is 5.32 Å². The standard InChI is InChI=1S/C18H16Cl2FN3O/c19-7-8-23-18(25)24-10-9-22-17(13-3-1-2-4-15(13)21)14-11-12(20)5-6-16(14)24/h1-6,11H,7-10H2,(H,23,25). The highest BCUT2D eigenvalue weighted by atomic mass is 35.5. The van der Waals surface area contributed by atoms with Crippen molar-refractivity contribution in [2.24, 2.45) is 4.99 Å². The molecule has 7 heteroatoms. The maximum Gasteiger partial charge on any atom is 0.321 e. The molecule has 0 bridgehead atoms. The molecule has 0 aromatic heterocycles.